The van der Waals surface area contributed by atoms with Gasteiger partial charge >= 0.3 is 5.97 Å². The normalized spacial score (nSPS) is 21.7. The summed E-state index contributed by atoms with van der Waals surface area (Å²) in [4.78, 5) is 23.6. The van der Waals surface area contributed by atoms with E-state index in [1.165, 1.54) is 6.20 Å². The number of carbonyl (C=O) groups is 2. The second kappa shape index (κ2) is 5.38. The molecule has 0 spiro atoms. The molecule has 0 aliphatic carbocycles. The van der Waals surface area contributed by atoms with Gasteiger partial charge in [0, 0.05) is 25.9 Å². The van der Waals surface area contributed by atoms with Crippen LogP contribution in [0.5, 0.6) is 0 Å². The topological polar surface area (TPSA) is 69.6 Å². The van der Waals surface area contributed by atoms with Crippen LogP contribution in [0.4, 0.5) is 0 Å². The molecule has 2 N–H and O–H groups in total. The molecule has 0 aromatic carbocycles. The Kier molecular flexibility index (Phi) is 4.15. The molecule has 0 saturated carbocycles. The number of carboxylic acids is 1. The highest BCUT2D eigenvalue weighted by Crippen LogP contribution is 2.17. The summed E-state index contributed by atoms with van der Waals surface area (Å²) in [5.74, 6) is -1.04. The lowest BCUT2D eigenvalue weighted by atomic mass is 10.0. The third-order valence-electron chi connectivity index (χ3n) is 2.50. The lowest BCUT2D eigenvalue weighted by molar-refractivity contribution is -0.132. The molecule has 15 heavy (non-hydrogen) atoms. The minimum Gasteiger partial charge on any atom is -0.478 e. The number of nitrogens with one attached hydrogen (secondary N) is 1. The standard InChI is InChI=1S/C10H16N2O3/c1-11-10(15)8-4-2-3-6-12(8)7-5-9(13)14/h5,7-8H,2-4,6H2,1H3,(H,11,15)(H,13,14). The quantitative estimate of drug-likeness (QED) is 0.655. The SMILES string of the molecule is CNC(=O)C1CCCCN1C=CC(=O)O. The molecule has 1 atom stereocenters. The van der Waals surface area contributed by atoms with Gasteiger partial charge in [0.15, 0.2) is 0 Å². The average molecular weight is 212 g/mol. The number of piperidine rings is 1. The molecular weight excluding hydrogens is 196 g/mol. The van der Waals surface area contributed by atoms with Gasteiger partial charge in [-0.05, 0) is 19.3 Å². The van der Waals surface area contributed by atoms with Gasteiger partial charge in [0.05, 0.1) is 0 Å². The fourth-order valence-electron chi connectivity index (χ4n) is 1.74. The number of rotatable bonds is 3. The van der Waals surface area contributed by atoms with E-state index < -0.39 is 5.97 Å². The number of likely N-dealkylation sites (tertiary alicyclic amines) is 1. The van der Waals surface area contributed by atoms with Gasteiger partial charge in [-0.3, -0.25) is 4.79 Å². The van der Waals surface area contributed by atoms with Crippen LogP contribution in [-0.4, -0.2) is 41.5 Å². The van der Waals surface area contributed by atoms with E-state index in [4.69, 9.17) is 5.11 Å². The Balaban J connectivity index is 2.65. The first kappa shape index (κ1) is 11.6. The lowest BCUT2D eigenvalue weighted by Crippen LogP contribution is -2.46. The molecule has 1 unspecified atom stereocenters. The highest BCUT2D eigenvalue weighted by molar-refractivity contribution is 5.82. The van der Waals surface area contributed by atoms with Crippen LogP contribution in [0.15, 0.2) is 12.3 Å². The Hall–Kier alpha value is -1.52. The summed E-state index contributed by atoms with van der Waals surface area (Å²) < 4.78 is 0. The number of carbonyl (C=O) groups excluding carboxylic acids is 1. The predicted molar refractivity (Wildman–Crippen MR) is 55.2 cm³/mol. The Morgan fingerprint density at radius 1 is 1.47 bits per heavy atom. The minimum atomic E-state index is -0.990. The maximum atomic E-state index is 11.5. The Bertz CT molecular complexity index is 276. The van der Waals surface area contributed by atoms with Gasteiger partial charge in [-0.1, -0.05) is 0 Å². The van der Waals surface area contributed by atoms with Crippen LogP contribution in [0.1, 0.15) is 19.3 Å². The molecule has 84 valence electrons. The molecule has 1 saturated heterocycles. The van der Waals surface area contributed by atoms with Gasteiger partial charge in [-0.15, -0.1) is 0 Å². The first-order valence-corrected chi connectivity index (χ1v) is 5.03. The zero-order valence-corrected chi connectivity index (χ0v) is 8.77. The Morgan fingerprint density at radius 3 is 2.80 bits per heavy atom. The number of amides is 1. The van der Waals surface area contributed by atoms with Crippen LogP contribution in [-0.2, 0) is 9.59 Å². The smallest absolute Gasteiger partial charge is 0.329 e. The average Bonchev–Trinajstić information content (AvgIpc) is 2.25. The highest BCUT2D eigenvalue weighted by Gasteiger charge is 2.25. The summed E-state index contributed by atoms with van der Waals surface area (Å²) in [5.41, 5.74) is 0. The van der Waals surface area contributed by atoms with Gasteiger partial charge < -0.3 is 15.3 Å². The molecule has 0 aromatic rings. The third kappa shape index (κ3) is 3.27. The lowest BCUT2D eigenvalue weighted by Gasteiger charge is -2.33. The summed E-state index contributed by atoms with van der Waals surface area (Å²) >= 11 is 0. The maximum absolute atomic E-state index is 11.5. The Labute approximate surface area is 88.8 Å². The maximum Gasteiger partial charge on any atom is 0.329 e. The van der Waals surface area contributed by atoms with E-state index in [-0.39, 0.29) is 11.9 Å². The van der Waals surface area contributed by atoms with E-state index in [2.05, 4.69) is 5.32 Å². The first-order valence-electron chi connectivity index (χ1n) is 5.03. The minimum absolute atomic E-state index is 0.0512. The van der Waals surface area contributed by atoms with Crippen LogP contribution in [0.2, 0.25) is 0 Å². The number of aliphatic carboxylic acids is 1. The number of hydrogen-bond donors (Lipinski definition) is 2. The van der Waals surface area contributed by atoms with Crippen molar-refractivity contribution in [1.29, 1.82) is 0 Å². The summed E-state index contributed by atoms with van der Waals surface area (Å²) in [6, 6.07) is -0.223. The number of hydrogen-bond acceptors (Lipinski definition) is 3. The van der Waals surface area contributed by atoms with E-state index >= 15 is 0 Å². The van der Waals surface area contributed by atoms with Gasteiger partial charge in [0.25, 0.3) is 0 Å². The highest BCUT2D eigenvalue weighted by atomic mass is 16.4. The van der Waals surface area contributed by atoms with Crippen molar-refractivity contribution in [3.63, 3.8) is 0 Å². The largest absolute Gasteiger partial charge is 0.478 e. The number of carboxylic acid groups (broad SMARTS) is 1. The van der Waals surface area contributed by atoms with E-state index in [1.54, 1.807) is 11.9 Å². The van der Waals surface area contributed by atoms with Crippen LogP contribution < -0.4 is 5.32 Å². The van der Waals surface area contributed by atoms with E-state index in [0.717, 1.165) is 31.9 Å². The molecule has 1 rings (SSSR count). The predicted octanol–water partition coefficient (Wildman–Crippen LogP) is 0.185. The molecule has 1 fully saturated rings. The van der Waals surface area contributed by atoms with Crippen LogP contribution >= 0.6 is 0 Å². The zero-order chi connectivity index (χ0) is 11.3. The fourth-order valence-corrected chi connectivity index (χ4v) is 1.74. The monoisotopic (exact) mass is 212 g/mol. The molecule has 0 bridgehead atoms. The van der Waals surface area contributed by atoms with Crippen molar-refractivity contribution in [3.05, 3.63) is 12.3 Å². The number of likely N-dealkylation sites (N-methyl/N-ethyl adjacent to an activating group) is 1. The molecule has 1 aliphatic heterocycles. The van der Waals surface area contributed by atoms with Crippen LogP contribution in [0.25, 0.3) is 0 Å². The Morgan fingerprint density at radius 2 is 2.20 bits per heavy atom. The molecule has 1 aliphatic rings. The van der Waals surface area contributed by atoms with Gasteiger partial charge in [-0.25, -0.2) is 4.79 Å². The van der Waals surface area contributed by atoms with Crippen molar-refractivity contribution in [2.24, 2.45) is 0 Å². The number of nitrogens with zero attached hydrogens (tertiary/aromatic N) is 1. The van der Waals surface area contributed by atoms with Crippen LogP contribution in [0.3, 0.4) is 0 Å². The van der Waals surface area contributed by atoms with Crippen molar-refractivity contribution in [3.8, 4) is 0 Å². The van der Waals surface area contributed by atoms with E-state index in [0.29, 0.717) is 0 Å². The van der Waals surface area contributed by atoms with Gasteiger partial charge in [-0.2, -0.15) is 0 Å². The molecule has 0 radical (unpaired) electrons. The van der Waals surface area contributed by atoms with Crippen molar-refractivity contribution in [2.45, 2.75) is 25.3 Å². The molecule has 1 amide bonds. The van der Waals surface area contributed by atoms with E-state index in [9.17, 15) is 9.59 Å². The summed E-state index contributed by atoms with van der Waals surface area (Å²) in [7, 11) is 1.59. The van der Waals surface area contributed by atoms with Crippen molar-refractivity contribution >= 4 is 11.9 Å². The van der Waals surface area contributed by atoms with Crippen molar-refractivity contribution in [2.75, 3.05) is 13.6 Å². The summed E-state index contributed by atoms with van der Waals surface area (Å²) in [6.07, 6.45) is 5.35. The molecule has 5 heteroatoms. The van der Waals surface area contributed by atoms with Crippen molar-refractivity contribution in [1.82, 2.24) is 10.2 Å². The van der Waals surface area contributed by atoms with Crippen LogP contribution in [0, 0.1) is 0 Å². The molecular formula is C10H16N2O3. The van der Waals surface area contributed by atoms with Gasteiger partial charge in [0.1, 0.15) is 6.04 Å². The zero-order valence-electron chi connectivity index (χ0n) is 8.77. The second-order valence-electron chi connectivity index (χ2n) is 3.52. The summed E-state index contributed by atoms with van der Waals surface area (Å²) in [6.45, 7) is 0.738. The fraction of sp³-hybridized carbons (Fsp3) is 0.600. The molecule has 5 nitrogen and oxygen atoms in total. The molecule has 1 heterocycles. The van der Waals surface area contributed by atoms with Crippen molar-refractivity contribution < 1.29 is 14.7 Å². The molecule has 0 aromatic heterocycles. The second-order valence-corrected chi connectivity index (χ2v) is 3.52. The summed E-state index contributed by atoms with van der Waals surface area (Å²) in [5, 5.41) is 11.1. The van der Waals surface area contributed by atoms with E-state index in [1.807, 2.05) is 0 Å². The third-order valence-corrected chi connectivity index (χ3v) is 2.50. The first-order chi connectivity index (χ1) is 7.15. The van der Waals surface area contributed by atoms with Gasteiger partial charge in [0.2, 0.25) is 5.91 Å².